The molecule has 8 nitrogen and oxygen atoms in total. The van der Waals surface area contributed by atoms with Gasteiger partial charge in [0.2, 0.25) is 16.0 Å². The Morgan fingerprint density at radius 3 is 2.47 bits per heavy atom. The summed E-state index contributed by atoms with van der Waals surface area (Å²) in [4.78, 5) is 20.0. The summed E-state index contributed by atoms with van der Waals surface area (Å²) in [5, 5.41) is 12.0. The maximum atomic E-state index is 12.5. The third-order valence-electron chi connectivity index (χ3n) is 5.09. The van der Waals surface area contributed by atoms with Crippen LogP contribution in [0, 0.1) is 0 Å². The second-order valence-corrected chi connectivity index (χ2v) is 10.0. The summed E-state index contributed by atoms with van der Waals surface area (Å²) in [5.41, 5.74) is 2.73. The minimum Gasteiger partial charge on any atom is -0.497 e. The summed E-state index contributed by atoms with van der Waals surface area (Å²) in [6, 6.07) is 17.7. The monoisotopic (exact) mass is 478 g/mol. The lowest BCUT2D eigenvalue weighted by atomic mass is 10.1. The van der Waals surface area contributed by atoms with Gasteiger partial charge < -0.3 is 20.3 Å². The molecule has 9 heteroatoms. The highest BCUT2D eigenvalue weighted by Gasteiger charge is 2.23. The topological polar surface area (TPSA) is 83.8 Å². The van der Waals surface area contributed by atoms with E-state index in [9.17, 15) is 4.79 Å². The first-order valence-electron chi connectivity index (χ1n) is 11.1. The fourth-order valence-corrected chi connectivity index (χ4v) is 4.30. The number of hydrogen-bond acceptors (Lipinski definition) is 7. The first-order valence-corrected chi connectivity index (χ1v) is 11.9. The number of methoxy groups -OCH3 is 1. The van der Waals surface area contributed by atoms with Gasteiger partial charge in [0, 0.05) is 24.7 Å². The van der Waals surface area contributed by atoms with Crippen molar-refractivity contribution in [3.63, 3.8) is 0 Å². The number of hydrogen-bond donors (Lipinski definition) is 2. The number of fused-ring (bicyclic) bond motifs is 1. The van der Waals surface area contributed by atoms with E-state index in [0.717, 1.165) is 38.5 Å². The van der Waals surface area contributed by atoms with Gasteiger partial charge in [-0.3, -0.25) is 4.79 Å². The van der Waals surface area contributed by atoms with E-state index in [-0.39, 0.29) is 18.0 Å². The van der Waals surface area contributed by atoms with Crippen molar-refractivity contribution in [3.8, 4) is 17.0 Å². The molecular formula is C25H30N6O2S. The molecule has 2 N–H and O–H groups in total. The molecular weight excluding hydrogens is 448 g/mol. The van der Waals surface area contributed by atoms with Crippen molar-refractivity contribution in [1.82, 2.24) is 19.9 Å². The molecule has 4 rings (SSSR count). The Morgan fingerprint density at radius 2 is 1.82 bits per heavy atom. The van der Waals surface area contributed by atoms with Crippen molar-refractivity contribution in [2.24, 2.45) is 0 Å². The predicted molar refractivity (Wildman–Crippen MR) is 138 cm³/mol. The molecule has 2 aromatic carbocycles. The van der Waals surface area contributed by atoms with Gasteiger partial charge >= 0.3 is 0 Å². The highest BCUT2D eigenvalue weighted by Crippen LogP contribution is 2.34. The third kappa shape index (κ3) is 5.48. The van der Waals surface area contributed by atoms with Crippen LogP contribution in [0.15, 0.2) is 54.6 Å². The number of benzene rings is 2. The van der Waals surface area contributed by atoms with Crippen LogP contribution in [0.2, 0.25) is 0 Å². The molecule has 0 unspecified atom stereocenters. The fourth-order valence-electron chi connectivity index (χ4n) is 3.44. The molecule has 0 bridgehead atoms. The van der Waals surface area contributed by atoms with Gasteiger partial charge in [-0.25, -0.2) is 4.98 Å². The molecule has 0 fully saturated rings. The number of ether oxygens (including phenoxy) is 1. The molecule has 2 heterocycles. The first-order chi connectivity index (χ1) is 16.2. The van der Waals surface area contributed by atoms with Crippen LogP contribution in [0.5, 0.6) is 5.75 Å². The largest absolute Gasteiger partial charge is 0.497 e. The standard InChI is InChI=1S/C25H30N6O2S/c1-25(2,3)28-22-21(18-9-7-6-8-10-18)27-23-31(22)29-24(34-23)30(4)16-20(32)26-15-17-11-13-19(33-5)14-12-17/h6-14,28H,15-16H2,1-5H3,(H,26,32). The predicted octanol–water partition coefficient (Wildman–Crippen LogP) is 4.43. The molecule has 34 heavy (non-hydrogen) atoms. The van der Waals surface area contributed by atoms with Crippen molar-refractivity contribution < 1.29 is 9.53 Å². The molecule has 0 spiro atoms. The van der Waals surface area contributed by atoms with Crippen LogP contribution < -0.4 is 20.3 Å². The Bertz CT molecular complexity index is 1260. The van der Waals surface area contributed by atoms with Crippen LogP contribution in [-0.2, 0) is 11.3 Å². The van der Waals surface area contributed by atoms with Crippen LogP contribution in [0.25, 0.3) is 16.2 Å². The van der Waals surface area contributed by atoms with Crippen molar-refractivity contribution in [1.29, 1.82) is 0 Å². The summed E-state index contributed by atoms with van der Waals surface area (Å²) in [5.74, 6) is 1.55. The van der Waals surface area contributed by atoms with Gasteiger partial charge in [0.1, 0.15) is 11.4 Å². The Morgan fingerprint density at radius 1 is 1.12 bits per heavy atom. The molecule has 0 aliphatic heterocycles. The lowest BCUT2D eigenvalue weighted by Gasteiger charge is -2.22. The average Bonchev–Trinajstić information content (AvgIpc) is 3.37. The lowest BCUT2D eigenvalue weighted by Crippen LogP contribution is -2.34. The van der Waals surface area contributed by atoms with E-state index in [2.05, 4.69) is 31.4 Å². The van der Waals surface area contributed by atoms with E-state index in [1.165, 1.54) is 11.3 Å². The number of amides is 1. The quantitative estimate of drug-likeness (QED) is 0.390. The molecule has 2 aromatic heterocycles. The van der Waals surface area contributed by atoms with Crippen LogP contribution >= 0.6 is 11.3 Å². The van der Waals surface area contributed by atoms with E-state index in [0.29, 0.717) is 6.54 Å². The smallest absolute Gasteiger partial charge is 0.239 e. The molecule has 4 aromatic rings. The number of rotatable bonds is 8. The maximum Gasteiger partial charge on any atom is 0.239 e. The summed E-state index contributed by atoms with van der Waals surface area (Å²) in [6.45, 7) is 6.97. The number of carbonyl (C=O) groups is 1. The SMILES string of the molecule is COc1ccc(CNC(=O)CN(C)c2nn3c(NC(C)(C)C)c(-c4ccccc4)nc3s2)cc1. The fraction of sp³-hybridized carbons (Fsp3) is 0.320. The zero-order valence-corrected chi connectivity index (χ0v) is 20.9. The number of nitrogens with one attached hydrogen (secondary N) is 2. The maximum absolute atomic E-state index is 12.5. The molecule has 0 aliphatic carbocycles. The Labute approximate surface area is 203 Å². The Hall–Kier alpha value is -3.59. The number of nitrogens with zero attached hydrogens (tertiary/aromatic N) is 4. The number of imidazole rings is 1. The van der Waals surface area contributed by atoms with E-state index in [1.807, 2.05) is 71.1 Å². The number of likely N-dealkylation sites (N-methyl/N-ethyl adjacent to an activating group) is 1. The zero-order valence-electron chi connectivity index (χ0n) is 20.1. The first kappa shape index (κ1) is 23.6. The number of anilines is 2. The second-order valence-electron chi connectivity index (χ2n) is 9.11. The van der Waals surface area contributed by atoms with E-state index in [1.54, 1.807) is 7.11 Å². The van der Waals surface area contributed by atoms with Crippen LogP contribution in [0.3, 0.4) is 0 Å². The van der Waals surface area contributed by atoms with Crippen LogP contribution in [0.1, 0.15) is 26.3 Å². The summed E-state index contributed by atoms with van der Waals surface area (Å²) in [6.07, 6.45) is 0. The molecule has 1 amide bonds. The van der Waals surface area contributed by atoms with Gasteiger partial charge in [-0.1, -0.05) is 53.8 Å². The average molecular weight is 479 g/mol. The van der Waals surface area contributed by atoms with E-state index < -0.39 is 0 Å². The highest BCUT2D eigenvalue weighted by molar-refractivity contribution is 7.20. The highest BCUT2D eigenvalue weighted by atomic mass is 32.1. The van der Waals surface area contributed by atoms with Gasteiger partial charge in [-0.05, 0) is 38.5 Å². The normalized spacial score (nSPS) is 11.4. The third-order valence-corrected chi connectivity index (χ3v) is 6.11. The van der Waals surface area contributed by atoms with Gasteiger partial charge in [0.25, 0.3) is 0 Å². The molecule has 0 saturated carbocycles. The van der Waals surface area contributed by atoms with E-state index in [4.69, 9.17) is 14.8 Å². The summed E-state index contributed by atoms with van der Waals surface area (Å²) < 4.78 is 7.00. The minimum atomic E-state index is -0.170. The van der Waals surface area contributed by atoms with Gasteiger partial charge in [-0.15, -0.1) is 5.10 Å². The molecule has 178 valence electrons. The van der Waals surface area contributed by atoms with Crippen molar-refractivity contribution >= 4 is 33.2 Å². The number of aromatic nitrogens is 3. The second kappa shape index (κ2) is 9.72. The lowest BCUT2D eigenvalue weighted by molar-refractivity contribution is -0.119. The van der Waals surface area contributed by atoms with E-state index >= 15 is 0 Å². The van der Waals surface area contributed by atoms with Gasteiger partial charge in [0.15, 0.2) is 5.82 Å². The van der Waals surface area contributed by atoms with Crippen molar-refractivity contribution in [2.75, 3.05) is 30.9 Å². The number of carbonyl (C=O) groups excluding carboxylic acids is 1. The van der Waals surface area contributed by atoms with Crippen LogP contribution in [0.4, 0.5) is 10.9 Å². The molecule has 0 aliphatic rings. The Kier molecular flexibility index (Phi) is 6.74. The van der Waals surface area contributed by atoms with Crippen molar-refractivity contribution in [3.05, 3.63) is 60.2 Å². The Balaban J connectivity index is 1.49. The summed E-state index contributed by atoms with van der Waals surface area (Å²) in [7, 11) is 3.49. The van der Waals surface area contributed by atoms with Gasteiger partial charge in [0.05, 0.1) is 13.7 Å². The molecule has 0 radical (unpaired) electrons. The van der Waals surface area contributed by atoms with Crippen LogP contribution in [-0.4, -0.2) is 46.7 Å². The minimum absolute atomic E-state index is 0.0795. The van der Waals surface area contributed by atoms with Crippen molar-refractivity contribution in [2.45, 2.75) is 32.9 Å². The summed E-state index contributed by atoms with van der Waals surface area (Å²) >= 11 is 1.45. The molecule has 0 saturated heterocycles. The zero-order chi connectivity index (χ0) is 24.3. The molecule has 0 atom stereocenters. The van der Waals surface area contributed by atoms with Gasteiger partial charge in [-0.2, -0.15) is 4.52 Å².